The van der Waals surface area contributed by atoms with Crippen molar-refractivity contribution in [3.05, 3.63) is 0 Å². The van der Waals surface area contributed by atoms with Crippen LogP contribution in [0.5, 0.6) is 0 Å². The Labute approximate surface area is 104 Å². The molecule has 0 aromatic rings. The van der Waals surface area contributed by atoms with E-state index < -0.39 is 20.5 Å². The van der Waals surface area contributed by atoms with Crippen LogP contribution in [-0.4, -0.2) is 37.9 Å². The number of carbonyl (C=O) groups excluding carboxylic acids is 1. The number of nitrogens with one attached hydrogen (secondary N) is 1. The van der Waals surface area contributed by atoms with Crippen molar-refractivity contribution < 1.29 is 13.2 Å². The number of sulfone groups is 1. The first kappa shape index (κ1) is 16.4. The maximum atomic E-state index is 11.9. The van der Waals surface area contributed by atoms with Crippen molar-refractivity contribution in [2.45, 2.75) is 50.8 Å². The topological polar surface area (TPSA) is 89.3 Å². The number of unbranched alkanes of at least 4 members (excludes halogenated alkanes) is 1. The van der Waals surface area contributed by atoms with Crippen LogP contribution in [0.1, 0.15) is 40.0 Å². The molecule has 0 saturated carbocycles. The highest BCUT2D eigenvalue weighted by molar-refractivity contribution is 7.92. The maximum Gasteiger partial charge on any atom is 0.241 e. The van der Waals surface area contributed by atoms with Crippen LogP contribution in [0.4, 0.5) is 0 Å². The fourth-order valence-electron chi connectivity index (χ4n) is 1.23. The first-order valence-corrected chi connectivity index (χ1v) is 7.76. The van der Waals surface area contributed by atoms with Crippen LogP contribution >= 0.6 is 0 Å². The quantitative estimate of drug-likeness (QED) is 0.698. The lowest BCUT2D eigenvalue weighted by Crippen LogP contribution is -2.52. The summed E-state index contributed by atoms with van der Waals surface area (Å²) in [6, 6.07) is -0.150. The van der Waals surface area contributed by atoms with Crippen molar-refractivity contribution in [1.29, 1.82) is 0 Å². The minimum atomic E-state index is -3.43. The van der Waals surface area contributed by atoms with Crippen molar-refractivity contribution in [2.24, 2.45) is 5.73 Å². The van der Waals surface area contributed by atoms with Gasteiger partial charge in [0, 0.05) is 18.8 Å². The average molecular weight is 264 g/mol. The second-order valence-electron chi connectivity index (χ2n) is 4.83. The lowest BCUT2D eigenvalue weighted by molar-refractivity contribution is -0.123. The molecule has 0 aliphatic heterocycles. The number of nitrogens with two attached hydrogens (primary N) is 1. The molecule has 0 heterocycles. The molecule has 17 heavy (non-hydrogen) atoms. The Morgan fingerprint density at radius 2 is 1.94 bits per heavy atom. The van der Waals surface area contributed by atoms with Gasteiger partial charge in [-0.1, -0.05) is 19.8 Å². The SMILES string of the molecule is CCCCC(CN)NC(=O)C(C)(C)S(C)(=O)=O. The molecule has 0 bridgehead atoms. The van der Waals surface area contributed by atoms with Crippen LogP contribution in [0.3, 0.4) is 0 Å². The summed E-state index contributed by atoms with van der Waals surface area (Å²) in [5.41, 5.74) is 5.55. The molecule has 0 fully saturated rings. The molecule has 102 valence electrons. The molecule has 5 nitrogen and oxygen atoms in total. The summed E-state index contributed by atoms with van der Waals surface area (Å²) in [5.74, 6) is -0.480. The highest BCUT2D eigenvalue weighted by atomic mass is 32.2. The minimum Gasteiger partial charge on any atom is -0.351 e. The van der Waals surface area contributed by atoms with Gasteiger partial charge in [-0.05, 0) is 20.3 Å². The monoisotopic (exact) mass is 264 g/mol. The van der Waals surface area contributed by atoms with E-state index in [1.807, 2.05) is 0 Å². The molecule has 6 heteroatoms. The molecule has 1 unspecified atom stereocenters. The number of rotatable bonds is 7. The molecule has 0 aromatic heterocycles. The lowest BCUT2D eigenvalue weighted by atomic mass is 10.1. The van der Waals surface area contributed by atoms with E-state index >= 15 is 0 Å². The highest BCUT2D eigenvalue weighted by Crippen LogP contribution is 2.15. The lowest BCUT2D eigenvalue weighted by Gasteiger charge is -2.25. The summed E-state index contributed by atoms with van der Waals surface area (Å²) in [5, 5.41) is 2.71. The van der Waals surface area contributed by atoms with Gasteiger partial charge >= 0.3 is 0 Å². The van der Waals surface area contributed by atoms with Gasteiger partial charge in [-0.25, -0.2) is 8.42 Å². The predicted molar refractivity (Wildman–Crippen MR) is 69.4 cm³/mol. The second-order valence-corrected chi connectivity index (χ2v) is 7.40. The van der Waals surface area contributed by atoms with Gasteiger partial charge in [-0.2, -0.15) is 0 Å². The van der Waals surface area contributed by atoms with E-state index in [2.05, 4.69) is 12.2 Å². The number of amides is 1. The van der Waals surface area contributed by atoms with Crippen molar-refractivity contribution in [3.63, 3.8) is 0 Å². The fourth-order valence-corrected chi connectivity index (χ4v) is 1.62. The summed E-state index contributed by atoms with van der Waals surface area (Å²) in [6.07, 6.45) is 3.82. The van der Waals surface area contributed by atoms with Gasteiger partial charge in [0.1, 0.15) is 4.75 Å². The smallest absolute Gasteiger partial charge is 0.241 e. The molecular weight excluding hydrogens is 240 g/mol. The van der Waals surface area contributed by atoms with Crippen molar-refractivity contribution in [3.8, 4) is 0 Å². The third kappa shape index (κ3) is 4.63. The molecule has 1 amide bonds. The van der Waals surface area contributed by atoms with Gasteiger partial charge in [-0.3, -0.25) is 4.79 Å². The average Bonchev–Trinajstić information content (AvgIpc) is 2.22. The van der Waals surface area contributed by atoms with Gasteiger partial charge < -0.3 is 11.1 Å². The molecule has 3 N–H and O–H groups in total. The van der Waals surface area contributed by atoms with Crippen LogP contribution in [0.15, 0.2) is 0 Å². The fraction of sp³-hybridized carbons (Fsp3) is 0.909. The summed E-state index contributed by atoms with van der Waals surface area (Å²) in [4.78, 5) is 11.9. The summed E-state index contributed by atoms with van der Waals surface area (Å²) < 4.78 is 21.6. The Morgan fingerprint density at radius 1 is 1.41 bits per heavy atom. The Morgan fingerprint density at radius 3 is 2.29 bits per heavy atom. The van der Waals surface area contributed by atoms with Crippen molar-refractivity contribution >= 4 is 15.7 Å². The Bertz CT molecular complexity index is 350. The van der Waals surface area contributed by atoms with Crippen LogP contribution < -0.4 is 11.1 Å². The van der Waals surface area contributed by atoms with E-state index in [0.717, 1.165) is 25.5 Å². The van der Waals surface area contributed by atoms with Crippen LogP contribution in [0.2, 0.25) is 0 Å². The van der Waals surface area contributed by atoms with Gasteiger partial charge in [0.05, 0.1) is 0 Å². The Kier molecular flexibility index (Phi) is 6.12. The third-order valence-electron chi connectivity index (χ3n) is 3.00. The third-order valence-corrected chi connectivity index (χ3v) is 5.04. The zero-order valence-electron chi connectivity index (χ0n) is 11.1. The minimum absolute atomic E-state index is 0.150. The van der Waals surface area contributed by atoms with E-state index in [1.165, 1.54) is 13.8 Å². The number of carbonyl (C=O) groups is 1. The zero-order valence-corrected chi connectivity index (χ0v) is 11.9. The van der Waals surface area contributed by atoms with Gasteiger partial charge in [-0.15, -0.1) is 0 Å². The van der Waals surface area contributed by atoms with Crippen LogP contribution in [0.25, 0.3) is 0 Å². The molecular formula is C11H24N2O3S. The molecule has 1 atom stereocenters. The molecule has 0 radical (unpaired) electrons. The standard InChI is InChI=1S/C11H24N2O3S/c1-5-6-7-9(8-12)13-10(14)11(2,3)17(4,15)16/h9H,5-8,12H2,1-4H3,(H,13,14). The summed E-state index contributed by atoms with van der Waals surface area (Å²) in [6.45, 7) is 5.19. The molecule has 0 aromatic carbocycles. The van der Waals surface area contributed by atoms with E-state index in [-0.39, 0.29) is 6.04 Å². The maximum absolute atomic E-state index is 11.9. The second kappa shape index (κ2) is 6.35. The highest BCUT2D eigenvalue weighted by Gasteiger charge is 2.38. The molecule has 0 rings (SSSR count). The first-order valence-electron chi connectivity index (χ1n) is 5.87. The normalized spacial score (nSPS) is 14.4. The van der Waals surface area contributed by atoms with Crippen molar-refractivity contribution in [2.75, 3.05) is 12.8 Å². The molecule has 0 saturated heterocycles. The van der Waals surface area contributed by atoms with E-state index in [9.17, 15) is 13.2 Å². The number of hydrogen-bond donors (Lipinski definition) is 2. The van der Waals surface area contributed by atoms with Crippen LogP contribution in [0, 0.1) is 0 Å². The Balaban J connectivity index is 4.62. The van der Waals surface area contributed by atoms with Gasteiger partial charge in [0.2, 0.25) is 5.91 Å². The van der Waals surface area contributed by atoms with E-state index in [1.54, 1.807) is 0 Å². The zero-order chi connectivity index (χ0) is 13.7. The van der Waals surface area contributed by atoms with Gasteiger partial charge in [0.25, 0.3) is 0 Å². The van der Waals surface area contributed by atoms with Crippen molar-refractivity contribution in [1.82, 2.24) is 5.32 Å². The number of hydrogen-bond acceptors (Lipinski definition) is 4. The largest absolute Gasteiger partial charge is 0.351 e. The summed E-state index contributed by atoms with van der Waals surface area (Å²) >= 11 is 0. The predicted octanol–water partition coefficient (Wildman–Crippen LogP) is 0.443. The first-order chi connectivity index (χ1) is 7.66. The molecule has 0 spiro atoms. The molecule has 0 aliphatic rings. The molecule has 0 aliphatic carbocycles. The van der Waals surface area contributed by atoms with E-state index in [4.69, 9.17) is 5.73 Å². The van der Waals surface area contributed by atoms with Gasteiger partial charge in [0.15, 0.2) is 9.84 Å². The van der Waals surface area contributed by atoms with E-state index in [0.29, 0.717) is 6.54 Å². The van der Waals surface area contributed by atoms with Crippen LogP contribution in [-0.2, 0) is 14.6 Å². The summed E-state index contributed by atoms with van der Waals surface area (Å²) in [7, 11) is -3.43. The Hall–Kier alpha value is -0.620.